The van der Waals surface area contributed by atoms with Crippen LogP contribution in [0.4, 0.5) is 0 Å². The van der Waals surface area contributed by atoms with E-state index >= 15 is 0 Å². The zero-order valence-corrected chi connectivity index (χ0v) is 21.0. The fourth-order valence-corrected chi connectivity index (χ4v) is 4.02. The van der Waals surface area contributed by atoms with Crippen molar-refractivity contribution >= 4 is 0 Å². The Balaban J connectivity index is 1.46. The summed E-state index contributed by atoms with van der Waals surface area (Å²) in [5.74, 6) is 2.52. The SMILES string of the molecule is COc1ccc(Cc2nccc(-c3ccc(OC4CCOCC4)c(C#N)c3)n2)cc1OCCOCCN. The van der Waals surface area contributed by atoms with Gasteiger partial charge in [-0.25, -0.2) is 9.97 Å². The first kappa shape index (κ1) is 26.4. The Bertz CT molecular complexity index is 1210. The van der Waals surface area contributed by atoms with Gasteiger partial charge in [-0.3, -0.25) is 0 Å². The summed E-state index contributed by atoms with van der Waals surface area (Å²) in [6.45, 7) is 3.17. The first-order chi connectivity index (χ1) is 18.2. The molecule has 9 nitrogen and oxygen atoms in total. The Kier molecular flexibility index (Phi) is 9.66. The van der Waals surface area contributed by atoms with Gasteiger partial charge in [-0.15, -0.1) is 0 Å². The van der Waals surface area contributed by atoms with Crippen LogP contribution in [-0.2, 0) is 15.9 Å². The third kappa shape index (κ3) is 7.40. The first-order valence-electron chi connectivity index (χ1n) is 12.4. The third-order valence-corrected chi connectivity index (χ3v) is 5.90. The number of benzene rings is 2. The van der Waals surface area contributed by atoms with Crippen molar-refractivity contribution in [3.05, 3.63) is 65.6 Å². The van der Waals surface area contributed by atoms with E-state index in [1.807, 2.05) is 42.5 Å². The van der Waals surface area contributed by atoms with Crippen LogP contribution in [0.2, 0.25) is 0 Å². The van der Waals surface area contributed by atoms with Gasteiger partial charge in [0, 0.05) is 37.6 Å². The first-order valence-corrected chi connectivity index (χ1v) is 12.4. The van der Waals surface area contributed by atoms with E-state index < -0.39 is 0 Å². The Labute approximate surface area is 217 Å². The normalized spacial score (nSPS) is 13.6. The van der Waals surface area contributed by atoms with Gasteiger partial charge in [-0.05, 0) is 42.0 Å². The summed E-state index contributed by atoms with van der Waals surface area (Å²) >= 11 is 0. The minimum absolute atomic E-state index is 0.0641. The van der Waals surface area contributed by atoms with Gasteiger partial charge < -0.3 is 29.4 Å². The summed E-state index contributed by atoms with van der Waals surface area (Å²) in [6, 6.07) is 15.4. The molecule has 9 heteroatoms. The van der Waals surface area contributed by atoms with Crippen molar-refractivity contribution in [2.75, 3.05) is 46.7 Å². The fourth-order valence-electron chi connectivity index (χ4n) is 4.02. The molecular formula is C28H32N4O5. The standard InChI is InChI=1S/C28H32N4O5/c1-33-26-4-2-20(16-27(26)36-15-14-35-13-9-29)17-28-31-10-6-24(32-28)21-3-5-25(22(18-21)19-30)37-23-7-11-34-12-8-23/h2-6,10,16,18,23H,7-9,11-15,17,29H2,1H3. The lowest BCUT2D eigenvalue weighted by Crippen LogP contribution is -2.26. The van der Waals surface area contributed by atoms with E-state index in [0.717, 1.165) is 29.7 Å². The Morgan fingerprint density at radius 3 is 2.65 bits per heavy atom. The molecule has 4 rings (SSSR count). The van der Waals surface area contributed by atoms with Gasteiger partial charge in [0.15, 0.2) is 11.5 Å². The van der Waals surface area contributed by atoms with E-state index in [4.69, 9.17) is 34.4 Å². The largest absolute Gasteiger partial charge is 0.493 e. The van der Waals surface area contributed by atoms with Gasteiger partial charge in [0.1, 0.15) is 30.4 Å². The Morgan fingerprint density at radius 2 is 1.86 bits per heavy atom. The molecule has 1 aromatic heterocycles. The Morgan fingerprint density at radius 1 is 1.03 bits per heavy atom. The summed E-state index contributed by atoms with van der Waals surface area (Å²) in [4.78, 5) is 9.19. The summed E-state index contributed by atoms with van der Waals surface area (Å²) in [5, 5.41) is 9.72. The average Bonchev–Trinajstić information content (AvgIpc) is 2.94. The van der Waals surface area contributed by atoms with Crippen molar-refractivity contribution in [2.24, 2.45) is 5.73 Å². The highest BCUT2D eigenvalue weighted by molar-refractivity contribution is 5.64. The predicted molar refractivity (Wildman–Crippen MR) is 138 cm³/mol. The lowest BCUT2D eigenvalue weighted by molar-refractivity contribution is 0.0254. The molecule has 194 valence electrons. The van der Waals surface area contributed by atoms with Crippen molar-refractivity contribution in [2.45, 2.75) is 25.4 Å². The number of hydrogen-bond donors (Lipinski definition) is 1. The van der Waals surface area contributed by atoms with Gasteiger partial charge in [-0.1, -0.05) is 6.07 Å². The molecule has 0 spiro atoms. The van der Waals surface area contributed by atoms with E-state index in [0.29, 0.717) is 74.6 Å². The molecule has 0 aliphatic carbocycles. The van der Waals surface area contributed by atoms with Crippen molar-refractivity contribution in [1.82, 2.24) is 9.97 Å². The molecule has 1 fully saturated rings. The van der Waals surface area contributed by atoms with Crippen LogP contribution in [0.1, 0.15) is 29.8 Å². The molecule has 3 aromatic rings. The number of nitriles is 1. The van der Waals surface area contributed by atoms with Gasteiger partial charge in [0.25, 0.3) is 0 Å². The van der Waals surface area contributed by atoms with E-state index in [1.54, 1.807) is 13.3 Å². The number of aromatic nitrogens is 2. The second-order valence-electron chi connectivity index (χ2n) is 8.52. The predicted octanol–water partition coefficient (Wildman–Crippen LogP) is 3.53. The van der Waals surface area contributed by atoms with Gasteiger partial charge in [0.2, 0.25) is 0 Å². The molecular weight excluding hydrogens is 472 g/mol. The molecule has 0 atom stereocenters. The summed E-state index contributed by atoms with van der Waals surface area (Å²) < 4.78 is 28.1. The van der Waals surface area contributed by atoms with Crippen molar-refractivity contribution in [3.63, 3.8) is 0 Å². The molecule has 1 aliphatic heterocycles. The van der Waals surface area contributed by atoms with Crippen LogP contribution >= 0.6 is 0 Å². The van der Waals surface area contributed by atoms with Crippen molar-refractivity contribution < 1.29 is 23.7 Å². The smallest absolute Gasteiger partial charge is 0.161 e. The van der Waals surface area contributed by atoms with Gasteiger partial charge in [0.05, 0.1) is 44.8 Å². The number of nitrogens with zero attached hydrogens (tertiary/aromatic N) is 3. The number of nitrogens with two attached hydrogens (primary N) is 1. The van der Waals surface area contributed by atoms with E-state index in [9.17, 15) is 5.26 Å². The molecule has 1 saturated heterocycles. The summed E-state index contributed by atoms with van der Waals surface area (Å²) in [7, 11) is 1.61. The van der Waals surface area contributed by atoms with E-state index in [2.05, 4.69) is 11.1 Å². The van der Waals surface area contributed by atoms with Crippen LogP contribution in [0, 0.1) is 11.3 Å². The lowest BCUT2D eigenvalue weighted by Gasteiger charge is -2.23. The molecule has 0 amide bonds. The van der Waals surface area contributed by atoms with Crippen molar-refractivity contribution in [3.8, 4) is 34.6 Å². The second-order valence-corrected chi connectivity index (χ2v) is 8.52. The van der Waals surface area contributed by atoms with Crippen LogP contribution in [0.15, 0.2) is 48.7 Å². The molecule has 0 bridgehead atoms. The fraction of sp³-hybridized carbons (Fsp3) is 0.393. The maximum Gasteiger partial charge on any atom is 0.161 e. The molecule has 2 aromatic carbocycles. The van der Waals surface area contributed by atoms with Crippen LogP contribution in [-0.4, -0.2) is 62.8 Å². The number of hydrogen-bond acceptors (Lipinski definition) is 9. The van der Waals surface area contributed by atoms with Crippen LogP contribution in [0.5, 0.6) is 17.2 Å². The average molecular weight is 505 g/mol. The highest BCUT2D eigenvalue weighted by Crippen LogP contribution is 2.30. The molecule has 2 N–H and O–H groups in total. The molecule has 37 heavy (non-hydrogen) atoms. The van der Waals surface area contributed by atoms with E-state index in [-0.39, 0.29) is 6.10 Å². The lowest BCUT2D eigenvalue weighted by atomic mass is 10.1. The topological polar surface area (TPSA) is 122 Å². The second kappa shape index (κ2) is 13.6. The number of ether oxygens (including phenoxy) is 5. The van der Waals surface area contributed by atoms with Gasteiger partial charge in [-0.2, -0.15) is 5.26 Å². The number of rotatable bonds is 12. The maximum absolute atomic E-state index is 9.72. The quantitative estimate of drug-likeness (QED) is 0.369. The molecule has 0 unspecified atom stereocenters. The highest BCUT2D eigenvalue weighted by Gasteiger charge is 2.18. The van der Waals surface area contributed by atoms with E-state index in [1.165, 1.54) is 0 Å². The highest BCUT2D eigenvalue weighted by atomic mass is 16.5. The molecule has 2 heterocycles. The van der Waals surface area contributed by atoms with Crippen molar-refractivity contribution in [1.29, 1.82) is 5.26 Å². The molecule has 0 saturated carbocycles. The maximum atomic E-state index is 9.72. The molecule has 0 radical (unpaired) electrons. The summed E-state index contributed by atoms with van der Waals surface area (Å²) in [6.07, 6.45) is 3.94. The zero-order chi connectivity index (χ0) is 25.9. The zero-order valence-electron chi connectivity index (χ0n) is 21.0. The van der Waals surface area contributed by atoms with Crippen LogP contribution in [0.3, 0.4) is 0 Å². The van der Waals surface area contributed by atoms with Crippen LogP contribution < -0.4 is 19.9 Å². The summed E-state index contributed by atoms with van der Waals surface area (Å²) in [5.41, 5.74) is 8.47. The van der Waals surface area contributed by atoms with Crippen LogP contribution in [0.25, 0.3) is 11.3 Å². The van der Waals surface area contributed by atoms with Gasteiger partial charge >= 0.3 is 0 Å². The Hall–Kier alpha value is -3.71. The number of methoxy groups -OCH3 is 1. The monoisotopic (exact) mass is 504 g/mol. The minimum atomic E-state index is 0.0641. The third-order valence-electron chi connectivity index (χ3n) is 5.90. The minimum Gasteiger partial charge on any atom is -0.493 e. The molecule has 1 aliphatic rings.